The second kappa shape index (κ2) is 6.87. The van der Waals surface area contributed by atoms with Gasteiger partial charge >= 0.3 is 6.18 Å². The minimum absolute atomic E-state index is 0.0493. The third-order valence-electron chi connectivity index (χ3n) is 3.76. The molecule has 0 aliphatic rings. The van der Waals surface area contributed by atoms with Crippen LogP contribution in [0.4, 0.5) is 13.2 Å². The maximum absolute atomic E-state index is 12.5. The maximum Gasteiger partial charge on any atom is 0.416 e. The van der Waals surface area contributed by atoms with Crippen molar-refractivity contribution in [3.8, 4) is 5.75 Å². The van der Waals surface area contributed by atoms with Crippen LogP contribution in [0.25, 0.3) is 10.8 Å². The number of phenolic OH excluding ortho intramolecular Hbond substituents is 1. The highest BCUT2D eigenvalue weighted by molar-refractivity contribution is 6.03. The van der Waals surface area contributed by atoms with Crippen LogP contribution in [0.5, 0.6) is 5.75 Å². The van der Waals surface area contributed by atoms with E-state index in [1.807, 2.05) is 6.07 Å². The van der Waals surface area contributed by atoms with E-state index in [1.165, 1.54) is 24.4 Å². The molecule has 0 radical (unpaired) electrons. The van der Waals surface area contributed by atoms with Crippen LogP contribution in [-0.2, 0) is 6.18 Å². The number of benzene rings is 3. The highest BCUT2D eigenvalue weighted by Gasteiger charge is 2.29. The maximum atomic E-state index is 12.5. The molecule has 3 rings (SSSR count). The van der Waals surface area contributed by atoms with E-state index in [0.717, 1.165) is 17.5 Å². The molecule has 0 saturated carbocycles. The summed E-state index contributed by atoms with van der Waals surface area (Å²) in [5.74, 6) is -0.790. The van der Waals surface area contributed by atoms with Gasteiger partial charge in [0, 0.05) is 5.39 Å². The largest absolute Gasteiger partial charge is 0.506 e. The summed E-state index contributed by atoms with van der Waals surface area (Å²) in [6.07, 6.45) is -3.19. The lowest BCUT2D eigenvalue weighted by atomic mass is 10.1. The van der Waals surface area contributed by atoms with Crippen molar-refractivity contribution in [3.63, 3.8) is 0 Å². The molecule has 3 aromatic carbocycles. The number of amides is 1. The molecule has 132 valence electrons. The summed E-state index contributed by atoms with van der Waals surface area (Å²) in [4.78, 5) is 12.2. The van der Waals surface area contributed by atoms with Crippen molar-refractivity contribution in [2.45, 2.75) is 6.18 Å². The predicted molar refractivity (Wildman–Crippen MR) is 92.1 cm³/mol. The number of carbonyl (C=O) groups is 1. The molecular formula is C19H13F3N2O2. The van der Waals surface area contributed by atoms with E-state index in [2.05, 4.69) is 10.5 Å². The molecule has 0 heterocycles. The smallest absolute Gasteiger partial charge is 0.416 e. The Hall–Kier alpha value is -3.35. The zero-order chi connectivity index (χ0) is 18.7. The van der Waals surface area contributed by atoms with Crippen LogP contribution in [0.2, 0.25) is 0 Å². The van der Waals surface area contributed by atoms with E-state index in [9.17, 15) is 23.1 Å². The number of hydrogen-bond acceptors (Lipinski definition) is 3. The van der Waals surface area contributed by atoms with E-state index in [4.69, 9.17) is 0 Å². The Morgan fingerprint density at radius 3 is 2.38 bits per heavy atom. The summed E-state index contributed by atoms with van der Waals surface area (Å²) in [5, 5.41) is 15.3. The van der Waals surface area contributed by atoms with Crippen molar-refractivity contribution in [2.75, 3.05) is 0 Å². The highest BCUT2D eigenvalue weighted by Crippen LogP contribution is 2.29. The average molecular weight is 358 g/mol. The zero-order valence-corrected chi connectivity index (χ0v) is 13.3. The molecular weight excluding hydrogens is 345 g/mol. The molecule has 4 nitrogen and oxygen atoms in total. The van der Waals surface area contributed by atoms with E-state index < -0.39 is 17.6 Å². The van der Waals surface area contributed by atoms with Gasteiger partial charge in [-0.05, 0) is 29.1 Å². The van der Waals surface area contributed by atoms with Gasteiger partial charge in [-0.2, -0.15) is 18.3 Å². The number of aromatic hydroxyl groups is 1. The molecule has 0 spiro atoms. The number of rotatable bonds is 3. The van der Waals surface area contributed by atoms with Gasteiger partial charge in [-0.1, -0.05) is 42.5 Å². The minimum atomic E-state index is -4.41. The van der Waals surface area contributed by atoms with Gasteiger partial charge in [0.1, 0.15) is 5.75 Å². The Labute approximate surface area is 146 Å². The molecule has 7 heteroatoms. The van der Waals surface area contributed by atoms with E-state index in [0.29, 0.717) is 10.9 Å². The van der Waals surface area contributed by atoms with E-state index in [1.54, 1.807) is 24.3 Å². The fourth-order valence-corrected chi connectivity index (χ4v) is 2.42. The van der Waals surface area contributed by atoms with Crippen molar-refractivity contribution >= 4 is 22.9 Å². The fraction of sp³-hybridized carbons (Fsp3) is 0.0526. The molecule has 3 aromatic rings. The summed E-state index contributed by atoms with van der Waals surface area (Å²) >= 11 is 0. The summed E-state index contributed by atoms with van der Waals surface area (Å²) in [5.41, 5.74) is 1.92. The number of hydrogen-bond donors (Lipinski definition) is 2. The average Bonchev–Trinajstić information content (AvgIpc) is 2.62. The first-order valence-corrected chi connectivity index (χ1v) is 7.57. The SMILES string of the molecule is O=C(N/N=C/c1ccc(C(F)(F)F)cc1)c1ccc2ccccc2c1O. The van der Waals surface area contributed by atoms with Crippen LogP contribution in [-0.4, -0.2) is 17.2 Å². The molecule has 2 N–H and O–H groups in total. The van der Waals surface area contributed by atoms with E-state index in [-0.39, 0.29) is 11.3 Å². The van der Waals surface area contributed by atoms with Gasteiger partial charge in [-0.15, -0.1) is 0 Å². The number of halogens is 3. The number of alkyl halides is 3. The third-order valence-corrected chi connectivity index (χ3v) is 3.76. The molecule has 0 fully saturated rings. The molecule has 1 amide bonds. The van der Waals surface area contributed by atoms with Gasteiger partial charge in [-0.25, -0.2) is 5.43 Å². The van der Waals surface area contributed by atoms with Crippen LogP contribution >= 0.6 is 0 Å². The fourth-order valence-electron chi connectivity index (χ4n) is 2.42. The first kappa shape index (κ1) is 17.5. The Bertz CT molecular complexity index is 980. The molecule has 0 aliphatic heterocycles. The number of nitrogens with one attached hydrogen (secondary N) is 1. The summed E-state index contributed by atoms with van der Waals surface area (Å²) in [7, 11) is 0. The monoisotopic (exact) mass is 358 g/mol. The first-order valence-electron chi connectivity index (χ1n) is 7.57. The van der Waals surface area contributed by atoms with Crippen molar-refractivity contribution in [1.82, 2.24) is 5.43 Å². The van der Waals surface area contributed by atoms with Crippen LogP contribution in [0.15, 0.2) is 65.8 Å². The van der Waals surface area contributed by atoms with Crippen LogP contribution in [0, 0.1) is 0 Å². The number of hydrazone groups is 1. The lowest BCUT2D eigenvalue weighted by Crippen LogP contribution is -2.17. The first-order chi connectivity index (χ1) is 12.4. The Morgan fingerprint density at radius 2 is 1.69 bits per heavy atom. The topological polar surface area (TPSA) is 61.7 Å². The second-order valence-electron chi connectivity index (χ2n) is 5.50. The zero-order valence-electron chi connectivity index (χ0n) is 13.3. The van der Waals surface area contributed by atoms with Crippen molar-refractivity contribution in [3.05, 3.63) is 77.4 Å². The molecule has 0 aromatic heterocycles. The second-order valence-corrected chi connectivity index (χ2v) is 5.50. The van der Waals surface area contributed by atoms with Crippen molar-refractivity contribution in [2.24, 2.45) is 5.10 Å². The van der Waals surface area contributed by atoms with Gasteiger partial charge in [-0.3, -0.25) is 4.79 Å². The molecule has 0 atom stereocenters. The molecule has 0 bridgehead atoms. The molecule has 0 unspecified atom stereocenters. The molecule has 0 saturated heterocycles. The Balaban J connectivity index is 1.73. The lowest BCUT2D eigenvalue weighted by molar-refractivity contribution is -0.137. The summed E-state index contributed by atoms with van der Waals surface area (Å²) < 4.78 is 37.5. The van der Waals surface area contributed by atoms with Gasteiger partial charge in [0.05, 0.1) is 17.3 Å². The van der Waals surface area contributed by atoms with Crippen LogP contribution in [0.1, 0.15) is 21.5 Å². The number of phenols is 1. The minimum Gasteiger partial charge on any atom is -0.506 e. The Kier molecular flexibility index (Phi) is 4.62. The van der Waals surface area contributed by atoms with Gasteiger partial charge in [0.25, 0.3) is 5.91 Å². The van der Waals surface area contributed by atoms with Crippen LogP contribution < -0.4 is 5.43 Å². The predicted octanol–water partition coefficient (Wildman–Crippen LogP) is 4.33. The van der Waals surface area contributed by atoms with Crippen LogP contribution in [0.3, 0.4) is 0 Å². The summed E-state index contributed by atoms with van der Waals surface area (Å²) in [6, 6.07) is 14.6. The Morgan fingerprint density at radius 1 is 1.00 bits per heavy atom. The molecule has 0 aliphatic carbocycles. The molecule has 26 heavy (non-hydrogen) atoms. The van der Waals surface area contributed by atoms with Crippen molar-refractivity contribution < 1.29 is 23.1 Å². The normalized spacial score (nSPS) is 11.8. The number of nitrogens with zero attached hydrogens (tertiary/aromatic N) is 1. The summed E-state index contributed by atoms with van der Waals surface area (Å²) in [6.45, 7) is 0. The lowest BCUT2D eigenvalue weighted by Gasteiger charge is -2.07. The number of carbonyl (C=O) groups excluding carboxylic acids is 1. The van der Waals surface area contributed by atoms with Crippen molar-refractivity contribution in [1.29, 1.82) is 0 Å². The van der Waals surface area contributed by atoms with Gasteiger partial charge in [0.15, 0.2) is 0 Å². The standard InChI is InChI=1S/C19H13F3N2O2/c20-19(21,22)14-8-5-12(6-9-14)11-23-24-18(26)16-10-7-13-3-1-2-4-15(13)17(16)25/h1-11,25H,(H,24,26)/b23-11+. The quantitative estimate of drug-likeness (QED) is 0.541. The number of fused-ring (bicyclic) bond motifs is 1. The van der Waals surface area contributed by atoms with Gasteiger partial charge in [0.2, 0.25) is 0 Å². The third kappa shape index (κ3) is 3.66. The van der Waals surface area contributed by atoms with Gasteiger partial charge < -0.3 is 5.11 Å². The highest BCUT2D eigenvalue weighted by atomic mass is 19.4. The van der Waals surface area contributed by atoms with E-state index >= 15 is 0 Å².